The Morgan fingerprint density at radius 2 is 1.43 bits per heavy atom. The first-order valence-corrected chi connectivity index (χ1v) is 6.70. The topological polar surface area (TPSA) is 89.5 Å². The molecule has 10 heteroatoms. The average molecular weight is 246 g/mol. The molecule has 0 radical (unpaired) electrons. The smallest absolute Gasteiger partial charge is 0.284 e. The molecule has 14 heavy (non-hydrogen) atoms. The molecule has 2 aliphatic rings. The summed E-state index contributed by atoms with van der Waals surface area (Å²) < 4.78 is 45.6. The molecule has 0 aliphatic carbocycles. The zero-order chi connectivity index (χ0) is 10.1. The van der Waals surface area contributed by atoms with Gasteiger partial charge in [0.1, 0.15) is 6.61 Å². The van der Waals surface area contributed by atoms with Crippen LogP contribution in [-0.2, 0) is 36.6 Å². The van der Waals surface area contributed by atoms with Gasteiger partial charge in [-0.3, -0.25) is 13.6 Å². The quantitative estimate of drug-likeness (QED) is 0.531. The minimum atomic E-state index is -3.96. The van der Waals surface area contributed by atoms with Crippen LogP contribution >= 0.6 is 15.6 Å². The first-order chi connectivity index (χ1) is 6.62. The van der Waals surface area contributed by atoms with E-state index in [4.69, 9.17) is 0 Å². The SMILES string of the molecule is O=P1(OP2(=O)OCCOO2)OCCO1. The zero-order valence-corrected chi connectivity index (χ0v) is 8.78. The summed E-state index contributed by atoms with van der Waals surface area (Å²) in [6.45, 7) is 0.368. The van der Waals surface area contributed by atoms with Gasteiger partial charge in [-0.2, -0.15) is 4.31 Å². The fourth-order valence-electron chi connectivity index (χ4n) is 0.849. The molecule has 2 aliphatic heterocycles. The maximum Gasteiger partial charge on any atom is 0.511 e. The van der Waals surface area contributed by atoms with Crippen LogP contribution in [0.1, 0.15) is 0 Å². The van der Waals surface area contributed by atoms with Gasteiger partial charge in [-0.25, -0.2) is 14.0 Å². The maximum atomic E-state index is 11.5. The van der Waals surface area contributed by atoms with E-state index >= 15 is 0 Å². The summed E-state index contributed by atoms with van der Waals surface area (Å²) in [7, 11) is -7.76. The van der Waals surface area contributed by atoms with Gasteiger partial charge in [0, 0.05) is 0 Å². The Morgan fingerprint density at radius 3 is 2.00 bits per heavy atom. The summed E-state index contributed by atoms with van der Waals surface area (Å²) in [5, 5.41) is 0. The number of hydrogen-bond acceptors (Lipinski definition) is 8. The summed E-state index contributed by atoms with van der Waals surface area (Å²) >= 11 is 0. The van der Waals surface area contributed by atoms with Crippen LogP contribution < -0.4 is 0 Å². The molecule has 1 unspecified atom stereocenters. The molecule has 82 valence electrons. The Hall–Kier alpha value is 0.220. The highest BCUT2D eigenvalue weighted by Crippen LogP contribution is 2.67. The molecule has 2 heterocycles. The van der Waals surface area contributed by atoms with Gasteiger partial charge in [-0.15, -0.1) is 4.67 Å². The van der Waals surface area contributed by atoms with E-state index in [1.165, 1.54) is 0 Å². The Bertz CT molecular complexity index is 282. The van der Waals surface area contributed by atoms with E-state index in [0.717, 1.165) is 0 Å². The lowest BCUT2D eigenvalue weighted by Gasteiger charge is -2.21. The molecular weight excluding hydrogens is 238 g/mol. The van der Waals surface area contributed by atoms with Crippen molar-refractivity contribution in [1.29, 1.82) is 0 Å². The molecular formula is C4H8O8P2. The molecule has 0 bridgehead atoms. The van der Waals surface area contributed by atoms with Crippen LogP contribution in [-0.4, -0.2) is 26.4 Å². The van der Waals surface area contributed by atoms with Gasteiger partial charge in [0.25, 0.3) is 0 Å². The zero-order valence-electron chi connectivity index (χ0n) is 6.99. The Balaban J connectivity index is 2.01. The lowest BCUT2D eigenvalue weighted by atomic mass is 10.8. The first-order valence-electron chi connectivity index (χ1n) is 3.78. The molecule has 0 aromatic heterocycles. The largest absolute Gasteiger partial charge is 0.511 e. The van der Waals surface area contributed by atoms with Crippen LogP contribution in [0.3, 0.4) is 0 Å². The molecule has 1 atom stereocenters. The number of phosphoric acid groups is 2. The van der Waals surface area contributed by atoms with Crippen molar-refractivity contribution in [1.82, 2.24) is 0 Å². The summed E-state index contributed by atoms with van der Waals surface area (Å²) in [5.41, 5.74) is 0. The summed E-state index contributed by atoms with van der Waals surface area (Å²) in [6, 6.07) is 0. The van der Waals surface area contributed by atoms with Gasteiger partial charge in [0.15, 0.2) is 0 Å². The molecule has 2 fully saturated rings. The summed E-state index contributed by atoms with van der Waals surface area (Å²) in [5.74, 6) is 0. The van der Waals surface area contributed by atoms with Gasteiger partial charge < -0.3 is 0 Å². The number of phosphoric ester groups is 1. The van der Waals surface area contributed by atoms with E-state index in [9.17, 15) is 9.13 Å². The van der Waals surface area contributed by atoms with Crippen molar-refractivity contribution in [2.45, 2.75) is 0 Å². The predicted molar refractivity (Wildman–Crippen MR) is 41.2 cm³/mol. The van der Waals surface area contributed by atoms with Gasteiger partial charge in [-0.1, -0.05) is 0 Å². The standard InChI is InChI=1S/C4H8O8P2/c5-13(8-3-4-9-13)12-14(6)10-2-1-7-11-14/h1-4H2. The number of hydrogen-bond donors (Lipinski definition) is 0. The minimum absolute atomic E-state index is 0.0251. The van der Waals surface area contributed by atoms with Crippen molar-refractivity contribution in [3.8, 4) is 0 Å². The molecule has 0 amide bonds. The molecule has 0 aromatic rings. The van der Waals surface area contributed by atoms with Gasteiger partial charge in [-0.05, 0) is 0 Å². The van der Waals surface area contributed by atoms with E-state index in [1.54, 1.807) is 0 Å². The summed E-state index contributed by atoms with van der Waals surface area (Å²) in [6.07, 6.45) is 0. The maximum absolute atomic E-state index is 11.5. The van der Waals surface area contributed by atoms with E-state index in [0.29, 0.717) is 0 Å². The molecule has 2 rings (SSSR count). The van der Waals surface area contributed by atoms with Crippen molar-refractivity contribution in [3.05, 3.63) is 0 Å². The van der Waals surface area contributed by atoms with Crippen LogP contribution in [0.5, 0.6) is 0 Å². The van der Waals surface area contributed by atoms with Crippen LogP contribution in [0.4, 0.5) is 0 Å². The van der Waals surface area contributed by atoms with Crippen LogP contribution in [0.25, 0.3) is 0 Å². The van der Waals surface area contributed by atoms with Crippen LogP contribution in [0, 0.1) is 0 Å². The minimum Gasteiger partial charge on any atom is -0.284 e. The highest BCUT2D eigenvalue weighted by Gasteiger charge is 2.45. The lowest BCUT2D eigenvalue weighted by Crippen LogP contribution is -2.12. The third-order valence-corrected chi connectivity index (χ3v) is 4.73. The van der Waals surface area contributed by atoms with Gasteiger partial charge in [0.05, 0.1) is 19.8 Å². The van der Waals surface area contributed by atoms with E-state index < -0.39 is 15.6 Å². The molecule has 0 saturated carbocycles. The molecule has 2 saturated heterocycles. The Kier molecular flexibility index (Phi) is 3.06. The Morgan fingerprint density at radius 1 is 0.857 bits per heavy atom. The molecule has 0 spiro atoms. The fraction of sp³-hybridized carbons (Fsp3) is 1.00. The third kappa shape index (κ3) is 2.42. The van der Waals surface area contributed by atoms with Crippen LogP contribution in [0.2, 0.25) is 0 Å². The van der Waals surface area contributed by atoms with Crippen molar-refractivity contribution in [2.75, 3.05) is 26.4 Å². The lowest BCUT2D eigenvalue weighted by molar-refractivity contribution is -0.249. The predicted octanol–water partition coefficient (Wildman–Crippen LogP) is 1.24. The van der Waals surface area contributed by atoms with E-state index in [2.05, 4.69) is 27.4 Å². The van der Waals surface area contributed by atoms with Gasteiger partial charge in [0.2, 0.25) is 0 Å². The van der Waals surface area contributed by atoms with Gasteiger partial charge >= 0.3 is 15.6 Å². The number of rotatable bonds is 2. The normalized spacial score (nSPS) is 37.1. The highest BCUT2D eigenvalue weighted by atomic mass is 31.3. The van der Waals surface area contributed by atoms with Crippen molar-refractivity contribution in [2.24, 2.45) is 0 Å². The Labute approximate surface area is 79.5 Å². The third-order valence-electron chi connectivity index (χ3n) is 1.34. The fourth-order valence-corrected chi connectivity index (χ4v) is 3.72. The molecule has 8 nitrogen and oxygen atoms in total. The summed E-state index contributed by atoms with van der Waals surface area (Å²) in [4.78, 5) is 4.40. The average Bonchev–Trinajstić information content (AvgIpc) is 2.52. The molecule has 0 aromatic carbocycles. The first kappa shape index (κ1) is 10.7. The second-order valence-electron chi connectivity index (χ2n) is 2.37. The van der Waals surface area contributed by atoms with E-state index in [-0.39, 0.29) is 26.4 Å². The van der Waals surface area contributed by atoms with Crippen molar-refractivity contribution >= 4 is 15.6 Å². The van der Waals surface area contributed by atoms with Crippen molar-refractivity contribution in [3.63, 3.8) is 0 Å². The van der Waals surface area contributed by atoms with E-state index in [1.807, 2.05) is 0 Å². The van der Waals surface area contributed by atoms with Crippen molar-refractivity contribution < 1.29 is 36.6 Å². The second kappa shape index (κ2) is 4.00. The highest BCUT2D eigenvalue weighted by molar-refractivity contribution is 7.62. The molecule has 0 N–H and O–H groups in total. The van der Waals surface area contributed by atoms with Crippen LogP contribution in [0.15, 0.2) is 0 Å². The second-order valence-corrected chi connectivity index (χ2v) is 5.74. The monoisotopic (exact) mass is 246 g/mol.